The Balaban J connectivity index is 2.18. The van der Waals surface area contributed by atoms with Crippen LogP contribution in [0.3, 0.4) is 0 Å². The number of thiazole rings is 1. The van der Waals surface area contributed by atoms with Gasteiger partial charge >= 0.3 is 0 Å². The lowest BCUT2D eigenvalue weighted by Gasteiger charge is -2.34. The Bertz CT molecular complexity index is 460. The Morgan fingerprint density at radius 1 is 1.61 bits per heavy atom. The molecule has 1 atom stereocenters. The molecule has 1 aliphatic rings. The lowest BCUT2D eigenvalue weighted by Crippen LogP contribution is -2.59. The van der Waals surface area contributed by atoms with Gasteiger partial charge in [-0.3, -0.25) is 9.59 Å². The molecular weight excluding hydrogens is 252 g/mol. The Labute approximate surface area is 109 Å². The van der Waals surface area contributed by atoms with E-state index in [2.05, 4.69) is 15.6 Å². The van der Waals surface area contributed by atoms with Crippen LogP contribution in [0.5, 0.6) is 0 Å². The number of likely N-dealkylation sites (N-methyl/N-ethyl adjacent to an activating group) is 1. The summed E-state index contributed by atoms with van der Waals surface area (Å²) in [4.78, 5) is 30.4. The van der Waals surface area contributed by atoms with Crippen LogP contribution in [0.2, 0.25) is 0 Å². The largest absolute Gasteiger partial charge is 0.357 e. The molecule has 1 aromatic rings. The Morgan fingerprint density at radius 2 is 2.39 bits per heavy atom. The maximum atomic E-state index is 12.3. The number of piperazine rings is 1. The van der Waals surface area contributed by atoms with Gasteiger partial charge in [0.2, 0.25) is 5.91 Å². The summed E-state index contributed by atoms with van der Waals surface area (Å²) in [6.07, 6.45) is 1.57. The molecule has 1 fully saturated rings. The Kier molecular flexibility index (Phi) is 3.93. The van der Waals surface area contributed by atoms with Crippen molar-refractivity contribution in [3.05, 3.63) is 16.1 Å². The maximum absolute atomic E-state index is 12.3. The molecule has 7 heteroatoms. The van der Waals surface area contributed by atoms with Gasteiger partial charge in [-0.2, -0.15) is 0 Å². The fourth-order valence-electron chi connectivity index (χ4n) is 1.95. The zero-order valence-corrected chi connectivity index (χ0v) is 11.2. The van der Waals surface area contributed by atoms with Gasteiger partial charge in [0.05, 0.1) is 11.2 Å². The molecule has 2 heterocycles. The molecule has 0 radical (unpaired) electrons. The van der Waals surface area contributed by atoms with Crippen molar-refractivity contribution in [3.63, 3.8) is 0 Å². The molecular formula is C11H16N4O2S. The van der Waals surface area contributed by atoms with Crippen molar-refractivity contribution in [1.82, 2.24) is 20.5 Å². The summed E-state index contributed by atoms with van der Waals surface area (Å²) in [5, 5.41) is 6.57. The number of hydrogen-bond donors (Lipinski definition) is 2. The summed E-state index contributed by atoms with van der Waals surface area (Å²) < 4.78 is 0. The minimum absolute atomic E-state index is 0.115. The van der Waals surface area contributed by atoms with E-state index < -0.39 is 6.04 Å². The normalized spacial score (nSPS) is 19.7. The molecule has 2 amide bonds. The zero-order valence-electron chi connectivity index (χ0n) is 10.4. The number of nitrogens with zero attached hydrogens (tertiary/aromatic N) is 2. The van der Waals surface area contributed by atoms with Gasteiger partial charge in [0.1, 0.15) is 10.9 Å². The summed E-state index contributed by atoms with van der Waals surface area (Å²) in [5.41, 5.74) is 0. The van der Waals surface area contributed by atoms with E-state index in [4.69, 9.17) is 0 Å². The average Bonchev–Trinajstić information content (AvgIpc) is 2.83. The zero-order chi connectivity index (χ0) is 13.1. The number of carbonyl (C=O) groups excluding carboxylic acids is 2. The lowest BCUT2D eigenvalue weighted by atomic mass is 10.1. The fourth-order valence-corrected chi connectivity index (χ4v) is 2.68. The molecule has 1 aliphatic heterocycles. The van der Waals surface area contributed by atoms with E-state index >= 15 is 0 Å². The van der Waals surface area contributed by atoms with Gasteiger partial charge in [-0.05, 0) is 6.92 Å². The molecule has 0 spiro atoms. The predicted octanol–water partition coefficient (Wildman–Crippen LogP) is -0.388. The van der Waals surface area contributed by atoms with E-state index in [1.807, 2.05) is 6.92 Å². The van der Waals surface area contributed by atoms with Gasteiger partial charge < -0.3 is 15.5 Å². The summed E-state index contributed by atoms with van der Waals surface area (Å²) in [6.45, 7) is 3.59. The van der Waals surface area contributed by atoms with Crippen molar-refractivity contribution < 1.29 is 9.59 Å². The van der Waals surface area contributed by atoms with Crippen LogP contribution in [0.4, 0.5) is 0 Å². The molecule has 18 heavy (non-hydrogen) atoms. The summed E-state index contributed by atoms with van der Waals surface area (Å²) in [7, 11) is 1.58. The van der Waals surface area contributed by atoms with E-state index in [9.17, 15) is 9.59 Å². The first-order chi connectivity index (χ1) is 8.63. The summed E-state index contributed by atoms with van der Waals surface area (Å²) >= 11 is 1.36. The van der Waals surface area contributed by atoms with Crippen LogP contribution < -0.4 is 10.6 Å². The minimum atomic E-state index is -0.446. The molecule has 2 N–H and O–H groups in total. The lowest BCUT2D eigenvalue weighted by molar-refractivity contribution is -0.125. The van der Waals surface area contributed by atoms with Gasteiger partial charge in [-0.25, -0.2) is 4.98 Å². The van der Waals surface area contributed by atoms with Gasteiger partial charge in [-0.15, -0.1) is 11.3 Å². The predicted molar refractivity (Wildman–Crippen MR) is 68.6 cm³/mol. The maximum Gasteiger partial charge on any atom is 0.266 e. The molecule has 2 rings (SSSR count). The number of nitrogens with one attached hydrogen (secondary N) is 2. The minimum Gasteiger partial charge on any atom is -0.357 e. The van der Waals surface area contributed by atoms with Crippen molar-refractivity contribution in [1.29, 1.82) is 0 Å². The van der Waals surface area contributed by atoms with Crippen molar-refractivity contribution in [2.45, 2.75) is 13.0 Å². The molecule has 0 aliphatic carbocycles. The third kappa shape index (κ3) is 2.51. The fraction of sp³-hybridized carbons (Fsp3) is 0.545. The van der Waals surface area contributed by atoms with Crippen LogP contribution in [-0.2, 0) is 4.79 Å². The van der Waals surface area contributed by atoms with Gasteiger partial charge in [0.15, 0.2) is 0 Å². The van der Waals surface area contributed by atoms with E-state index in [0.717, 1.165) is 5.01 Å². The number of hydrogen-bond acceptors (Lipinski definition) is 5. The van der Waals surface area contributed by atoms with Crippen LogP contribution >= 0.6 is 11.3 Å². The van der Waals surface area contributed by atoms with Gasteiger partial charge in [0.25, 0.3) is 5.91 Å². The molecule has 6 nitrogen and oxygen atoms in total. The molecule has 0 saturated carbocycles. The number of carbonyl (C=O) groups is 2. The SMILES string of the molecule is CNC(=O)C1CNCCN1C(=O)c1cnc(C)s1. The highest BCUT2D eigenvalue weighted by molar-refractivity contribution is 7.13. The number of aryl methyl sites for hydroxylation is 1. The molecule has 0 bridgehead atoms. The molecule has 0 aromatic carbocycles. The van der Waals surface area contributed by atoms with Crippen LogP contribution in [0.15, 0.2) is 6.20 Å². The highest BCUT2D eigenvalue weighted by Gasteiger charge is 2.32. The molecule has 1 saturated heterocycles. The van der Waals surface area contributed by atoms with Crippen LogP contribution in [-0.4, -0.2) is 54.4 Å². The van der Waals surface area contributed by atoms with E-state index in [0.29, 0.717) is 24.5 Å². The summed E-state index contributed by atoms with van der Waals surface area (Å²) in [6, 6.07) is -0.446. The number of rotatable bonds is 2. The number of amides is 2. The van der Waals surface area contributed by atoms with E-state index in [-0.39, 0.29) is 11.8 Å². The molecule has 1 unspecified atom stereocenters. The van der Waals surface area contributed by atoms with Crippen LogP contribution in [0.25, 0.3) is 0 Å². The topological polar surface area (TPSA) is 74.3 Å². The quantitative estimate of drug-likeness (QED) is 0.766. The van der Waals surface area contributed by atoms with Crippen LogP contribution in [0, 0.1) is 6.92 Å². The smallest absolute Gasteiger partial charge is 0.266 e. The van der Waals surface area contributed by atoms with Crippen molar-refractivity contribution in [3.8, 4) is 0 Å². The van der Waals surface area contributed by atoms with E-state index in [1.54, 1.807) is 18.1 Å². The summed E-state index contributed by atoms with van der Waals surface area (Å²) in [5.74, 6) is -0.257. The van der Waals surface area contributed by atoms with Crippen molar-refractivity contribution in [2.75, 3.05) is 26.7 Å². The molecule has 98 valence electrons. The van der Waals surface area contributed by atoms with Crippen LogP contribution in [0.1, 0.15) is 14.7 Å². The van der Waals surface area contributed by atoms with Gasteiger partial charge in [-0.1, -0.05) is 0 Å². The molecule has 1 aromatic heterocycles. The van der Waals surface area contributed by atoms with Crippen molar-refractivity contribution >= 4 is 23.2 Å². The monoisotopic (exact) mass is 268 g/mol. The second kappa shape index (κ2) is 5.45. The van der Waals surface area contributed by atoms with Gasteiger partial charge in [0, 0.05) is 26.7 Å². The average molecular weight is 268 g/mol. The number of aromatic nitrogens is 1. The highest BCUT2D eigenvalue weighted by Crippen LogP contribution is 2.16. The standard InChI is InChI=1S/C11H16N4O2S/c1-7-14-6-9(18-7)11(17)15-4-3-13-5-8(15)10(16)12-2/h6,8,13H,3-5H2,1-2H3,(H,12,16). The van der Waals surface area contributed by atoms with E-state index in [1.165, 1.54) is 11.3 Å². The second-order valence-corrected chi connectivity index (χ2v) is 5.31. The third-order valence-electron chi connectivity index (χ3n) is 2.89. The second-order valence-electron chi connectivity index (χ2n) is 4.08. The Morgan fingerprint density at radius 3 is 3.00 bits per heavy atom. The first-order valence-corrected chi connectivity index (χ1v) is 6.61. The first-order valence-electron chi connectivity index (χ1n) is 5.79. The highest BCUT2D eigenvalue weighted by atomic mass is 32.1. The third-order valence-corrected chi connectivity index (χ3v) is 3.79. The Hall–Kier alpha value is -1.47. The first kappa shape index (κ1) is 13.0. The van der Waals surface area contributed by atoms with Crippen molar-refractivity contribution in [2.24, 2.45) is 0 Å².